The van der Waals surface area contributed by atoms with Crippen LogP contribution in [0.4, 0.5) is 15.3 Å². The summed E-state index contributed by atoms with van der Waals surface area (Å²) in [5, 5.41) is 16.4. The number of aryl methyl sites for hydroxylation is 1. The van der Waals surface area contributed by atoms with Crippen LogP contribution in [0.3, 0.4) is 0 Å². The van der Waals surface area contributed by atoms with Gasteiger partial charge in [-0.1, -0.05) is 24.3 Å². The van der Waals surface area contributed by atoms with Gasteiger partial charge in [0.05, 0.1) is 25.4 Å². The molecule has 3 amide bonds. The molecular weight excluding hydrogens is 634 g/mol. The molecule has 50 heavy (non-hydrogen) atoms. The van der Waals surface area contributed by atoms with Gasteiger partial charge in [0.25, 0.3) is 0 Å². The number of benzene rings is 2. The van der Waals surface area contributed by atoms with Gasteiger partial charge in [0.1, 0.15) is 11.9 Å². The Labute approximate surface area is 293 Å². The molecule has 4 aliphatic rings. The fourth-order valence-electron chi connectivity index (χ4n) is 8.02. The normalized spacial score (nSPS) is 23.8. The lowest BCUT2D eigenvalue weighted by Gasteiger charge is -2.38. The van der Waals surface area contributed by atoms with E-state index in [1.165, 1.54) is 23.3 Å². The zero-order valence-corrected chi connectivity index (χ0v) is 29.1. The van der Waals surface area contributed by atoms with Crippen molar-refractivity contribution >= 4 is 23.8 Å². The number of carbonyl (C=O) groups is 3. The molecule has 2 heterocycles. The van der Waals surface area contributed by atoms with E-state index in [1.807, 2.05) is 17.2 Å². The van der Waals surface area contributed by atoms with Crippen molar-refractivity contribution in [3.8, 4) is 16.9 Å². The quantitative estimate of drug-likeness (QED) is 0.232. The molecule has 0 unspecified atom stereocenters. The summed E-state index contributed by atoms with van der Waals surface area (Å²) in [5.74, 6) is 1.84. The average Bonchev–Trinajstić information content (AvgIpc) is 3.84. The third-order valence-corrected chi connectivity index (χ3v) is 11.2. The van der Waals surface area contributed by atoms with Gasteiger partial charge in [-0.25, -0.2) is 9.59 Å². The first-order chi connectivity index (χ1) is 24.2. The molecule has 3 aromatic rings. The topological polar surface area (TPSA) is 126 Å². The van der Waals surface area contributed by atoms with E-state index in [2.05, 4.69) is 64.6 Å². The number of alkyl carbamates (subject to hydrolysis) is 1. The lowest BCUT2D eigenvalue weighted by molar-refractivity contribution is -0.124. The predicted molar refractivity (Wildman–Crippen MR) is 189 cm³/mol. The number of aromatic nitrogens is 2. The Balaban J connectivity index is 1.01. The molecular formula is C39H49N5O6. The fraction of sp³-hybridized carbons (Fsp3) is 0.538. The molecule has 3 saturated carbocycles. The number of ether oxygens (including phenoxy) is 2. The minimum absolute atomic E-state index is 0.145. The number of anilines is 1. The zero-order valence-electron chi connectivity index (χ0n) is 29.1. The van der Waals surface area contributed by atoms with Crippen molar-refractivity contribution in [2.75, 3.05) is 31.6 Å². The van der Waals surface area contributed by atoms with Crippen LogP contribution in [-0.2, 0) is 9.53 Å². The molecule has 7 rings (SSSR count). The number of amides is 3. The average molecular weight is 684 g/mol. The maximum Gasteiger partial charge on any atom is 0.407 e. The van der Waals surface area contributed by atoms with E-state index < -0.39 is 12.2 Å². The smallest absolute Gasteiger partial charge is 0.407 e. The molecule has 2 N–H and O–H groups in total. The Morgan fingerprint density at radius 1 is 0.940 bits per heavy atom. The Kier molecular flexibility index (Phi) is 10.0. The van der Waals surface area contributed by atoms with E-state index in [1.54, 1.807) is 7.11 Å². The second kappa shape index (κ2) is 14.7. The molecule has 1 aliphatic heterocycles. The van der Waals surface area contributed by atoms with Crippen molar-refractivity contribution in [2.45, 2.75) is 95.2 Å². The molecule has 1 saturated heterocycles. The monoisotopic (exact) mass is 683 g/mol. The fourth-order valence-corrected chi connectivity index (χ4v) is 8.02. The largest absolute Gasteiger partial charge is 0.496 e. The third-order valence-electron chi connectivity index (χ3n) is 11.2. The van der Waals surface area contributed by atoms with Crippen LogP contribution in [0.25, 0.3) is 11.1 Å². The predicted octanol–water partition coefficient (Wildman–Crippen LogP) is 7.16. The van der Waals surface area contributed by atoms with Gasteiger partial charge in [-0.3, -0.25) is 9.48 Å². The highest BCUT2D eigenvalue weighted by Gasteiger charge is 2.36. The minimum Gasteiger partial charge on any atom is -0.496 e. The minimum atomic E-state index is -0.985. The first-order valence-corrected chi connectivity index (χ1v) is 18.3. The van der Waals surface area contributed by atoms with Gasteiger partial charge in [-0.15, -0.1) is 0 Å². The van der Waals surface area contributed by atoms with Gasteiger partial charge >= 0.3 is 12.2 Å². The summed E-state index contributed by atoms with van der Waals surface area (Å²) in [4.78, 5) is 41.2. The Hall–Kier alpha value is -4.54. The van der Waals surface area contributed by atoms with Crippen molar-refractivity contribution in [1.82, 2.24) is 20.0 Å². The maximum absolute atomic E-state index is 14.4. The number of rotatable bonds is 10. The third kappa shape index (κ3) is 7.76. The van der Waals surface area contributed by atoms with Gasteiger partial charge in [0.2, 0.25) is 5.91 Å². The van der Waals surface area contributed by atoms with E-state index in [-0.39, 0.29) is 37.1 Å². The molecule has 0 radical (unpaired) electrons. The van der Waals surface area contributed by atoms with Gasteiger partial charge in [-0.2, -0.15) is 5.10 Å². The van der Waals surface area contributed by atoms with E-state index in [0.29, 0.717) is 50.1 Å². The first kappa shape index (κ1) is 33.9. The lowest BCUT2D eigenvalue weighted by atomic mass is 9.78. The Bertz CT molecular complexity index is 1680. The summed E-state index contributed by atoms with van der Waals surface area (Å²) < 4.78 is 13.2. The highest BCUT2D eigenvalue weighted by atomic mass is 16.6. The number of nitrogens with zero attached hydrogens (tertiary/aromatic N) is 4. The summed E-state index contributed by atoms with van der Waals surface area (Å²) in [6.07, 6.45) is 11.5. The van der Waals surface area contributed by atoms with E-state index in [9.17, 15) is 14.4 Å². The van der Waals surface area contributed by atoms with Crippen molar-refractivity contribution in [2.24, 2.45) is 11.8 Å². The van der Waals surface area contributed by atoms with Crippen molar-refractivity contribution < 1.29 is 29.0 Å². The van der Waals surface area contributed by atoms with E-state index >= 15 is 0 Å². The van der Waals surface area contributed by atoms with Gasteiger partial charge < -0.3 is 29.7 Å². The van der Waals surface area contributed by atoms with Crippen LogP contribution in [0.15, 0.2) is 54.9 Å². The van der Waals surface area contributed by atoms with Gasteiger partial charge in [0, 0.05) is 43.0 Å². The second-order valence-electron chi connectivity index (χ2n) is 14.8. The molecule has 0 atom stereocenters. The number of methoxy groups -OCH3 is 1. The van der Waals surface area contributed by atoms with Crippen LogP contribution in [0.5, 0.6) is 5.75 Å². The molecule has 11 heteroatoms. The lowest BCUT2D eigenvalue weighted by Crippen LogP contribution is -2.60. The summed E-state index contributed by atoms with van der Waals surface area (Å²) >= 11 is 0. The Morgan fingerprint density at radius 2 is 1.70 bits per heavy atom. The van der Waals surface area contributed by atoms with Crippen LogP contribution in [0.2, 0.25) is 0 Å². The SMILES string of the molecule is COc1ccc(C2CCC(CN(C(=O)C3CCC(OC(=O)NC4CN(C(=O)O)C4)CC3)c3cccc(-c4cnn(C5CC5)c4)c3)CC2)cc1C. The molecule has 11 nitrogen and oxygen atoms in total. The van der Waals surface area contributed by atoms with Gasteiger partial charge in [0.15, 0.2) is 0 Å². The van der Waals surface area contributed by atoms with Crippen LogP contribution in [-0.4, -0.2) is 76.8 Å². The highest BCUT2D eigenvalue weighted by Crippen LogP contribution is 2.40. The molecule has 1 aromatic heterocycles. The number of carboxylic acid groups (broad SMARTS) is 1. The zero-order chi connectivity index (χ0) is 34.8. The summed E-state index contributed by atoms with van der Waals surface area (Å²) in [5.41, 5.74) is 5.59. The van der Waals surface area contributed by atoms with Crippen molar-refractivity contribution in [3.63, 3.8) is 0 Å². The van der Waals surface area contributed by atoms with Crippen LogP contribution < -0.4 is 15.0 Å². The number of likely N-dealkylation sites (tertiary alicyclic amines) is 1. The van der Waals surface area contributed by atoms with Crippen LogP contribution in [0, 0.1) is 18.8 Å². The maximum atomic E-state index is 14.4. The van der Waals surface area contributed by atoms with E-state index in [4.69, 9.17) is 14.6 Å². The van der Waals surface area contributed by atoms with E-state index in [0.717, 1.165) is 53.8 Å². The Morgan fingerprint density at radius 3 is 2.38 bits per heavy atom. The van der Waals surface area contributed by atoms with Gasteiger partial charge in [-0.05, 0) is 118 Å². The number of nitrogens with one attached hydrogen (secondary N) is 1. The molecule has 2 aromatic carbocycles. The van der Waals surface area contributed by atoms with Crippen LogP contribution >= 0.6 is 0 Å². The second-order valence-corrected chi connectivity index (χ2v) is 14.8. The highest BCUT2D eigenvalue weighted by molar-refractivity contribution is 5.95. The number of hydrogen-bond donors (Lipinski definition) is 2. The molecule has 0 spiro atoms. The van der Waals surface area contributed by atoms with Crippen molar-refractivity contribution in [1.29, 1.82) is 0 Å². The summed E-state index contributed by atoms with van der Waals surface area (Å²) in [6, 6.07) is 15.2. The number of carbonyl (C=O) groups excluding carboxylic acids is 2. The molecule has 266 valence electrons. The summed E-state index contributed by atoms with van der Waals surface area (Å²) in [7, 11) is 1.71. The van der Waals surface area contributed by atoms with Crippen molar-refractivity contribution in [3.05, 3.63) is 66.0 Å². The molecule has 3 aliphatic carbocycles. The standard InChI is InChI=1S/C39H49N5O6/c1-25-18-30(12-17-36(25)49-2)27-8-6-26(7-9-27)21-43(34-5-3-4-29(19-34)31-20-40-44(22-31)33-13-14-33)37(45)28-10-15-35(16-11-28)50-38(46)41-32-23-42(24-32)39(47)48/h3-5,12,17-20,22,26-28,32-33,35H,6-11,13-16,21,23-24H2,1-2H3,(H,41,46)(H,47,48). The summed E-state index contributed by atoms with van der Waals surface area (Å²) in [6.45, 7) is 3.33. The number of hydrogen-bond acceptors (Lipinski definition) is 6. The molecule has 4 fully saturated rings. The van der Waals surface area contributed by atoms with Crippen LogP contribution in [0.1, 0.15) is 87.3 Å². The first-order valence-electron chi connectivity index (χ1n) is 18.3. The molecule has 0 bridgehead atoms.